The lowest BCUT2D eigenvalue weighted by molar-refractivity contribution is -0.385. The molecule has 5 nitrogen and oxygen atoms in total. The van der Waals surface area contributed by atoms with Gasteiger partial charge in [0, 0.05) is 12.1 Å². The number of nitrogens with zero attached hydrogens (tertiary/aromatic N) is 2. The Kier molecular flexibility index (Phi) is 3.44. The summed E-state index contributed by atoms with van der Waals surface area (Å²) in [6.07, 6.45) is 0. The molecule has 0 fully saturated rings. The van der Waals surface area contributed by atoms with Crippen molar-refractivity contribution in [2.24, 2.45) is 0 Å². The molecule has 0 heterocycles. The van der Waals surface area contributed by atoms with Crippen molar-refractivity contribution >= 4 is 5.69 Å². The lowest BCUT2D eigenvalue weighted by atomic mass is 10.1. The second-order valence-corrected chi connectivity index (χ2v) is 3.92. The van der Waals surface area contributed by atoms with Gasteiger partial charge in [-0.05, 0) is 24.6 Å². The van der Waals surface area contributed by atoms with Crippen molar-refractivity contribution in [1.82, 2.24) is 0 Å². The van der Waals surface area contributed by atoms with Crippen LogP contribution in [-0.2, 0) is 0 Å². The molecule has 2 aromatic rings. The lowest BCUT2D eigenvalue weighted by Crippen LogP contribution is -1.95. The van der Waals surface area contributed by atoms with E-state index in [2.05, 4.69) is 0 Å². The van der Waals surface area contributed by atoms with E-state index in [0.29, 0.717) is 17.1 Å². The van der Waals surface area contributed by atoms with Gasteiger partial charge in [-0.25, -0.2) is 0 Å². The Bertz CT molecular complexity index is 660. The molecular formula is C14H10N2O3. The van der Waals surface area contributed by atoms with Crippen LogP contribution < -0.4 is 4.74 Å². The van der Waals surface area contributed by atoms with E-state index in [0.717, 1.165) is 0 Å². The molecule has 5 heteroatoms. The van der Waals surface area contributed by atoms with E-state index >= 15 is 0 Å². The summed E-state index contributed by atoms with van der Waals surface area (Å²) in [7, 11) is 0. The molecule has 0 saturated carbocycles. The van der Waals surface area contributed by atoms with Crippen molar-refractivity contribution in [2.45, 2.75) is 6.92 Å². The predicted octanol–water partition coefficient (Wildman–Crippen LogP) is 3.57. The number of benzene rings is 2. The number of hydrogen-bond acceptors (Lipinski definition) is 4. The van der Waals surface area contributed by atoms with Crippen molar-refractivity contribution in [3.63, 3.8) is 0 Å². The molecule has 0 atom stereocenters. The SMILES string of the molecule is Cc1cc([N+](=O)[O-])c(C#N)cc1Oc1ccccc1. The summed E-state index contributed by atoms with van der Waals surface area (Å²) in [4.78, 5) is 10.2. The molecule has 0 aromatic heterocycles. The predicted molar refractivity (Wildman–Crippen MR) is 69.1 cm³/mol. The zero-order valence-electron chi connectivity index (χ0n) is 10.2. The van der Waals surface area contributed by atoms with Crippen LogP contribution in [0.2, 0.25) is 0 Å². The highest BCUT2D eigenvalue weighted by atomic mass is 16.6. The van der Waals surface area contributed by atoms with Crippen molar-refractivity contribution in [3.05, 3.63) is 63.7 Å². The van der Waals surface area contributed by atoms with E-state index in [-0.39, 0.29) is 11.3 Å². The fourth-order valence-electron chi connectivity index (χ4n) is 1.64. The number of ether oxygens (including phenoxy) is 1. The van der Waals surface area contributed by atoms with E-state index in [1.807, 2.05) is 24.3 Å². The minimum atomic E-state index is -0.572. The first-order valence-corrected chi connectivity index (χ1v) is 5.54. The Morgan fingerprint density at radius 3 is 2.53 bits per heavy atom. The van der Waals surface area contributed by atoms with E-state index in [1.54, 1.807) is 19.1 Å². The van der Waals surface area contributed by atoms with Gasteiger partial charge in [-0.2, -0.15) is 5.26 Å². The molecule has 0 amide bonds. The number of nitro groups is 1. The Morgan fingerprint density at radius 1 is 1.26 bits per heavy atom. The molecule has 19 heavy (non-hydrogen) atoms. The minimum Gasteiger partial charge on any atom is -0.457 e. The van der Waals surface area contributed by atoms with Gasteiger partial charge in [0.05, 0.1) is 4.92 Å². The molecule has 0 aliphatic rings. The van der Waals surface area contributed by atoms with Crippen LogP contribution in [0, 0.1) is 28.4 Å². The van der Waals surface area contributed by atoms with Crippen molar-refractivity contribution in [2.75, 3.05) is 0 Å². The fraction of sp³-hybridized carbons (Fsp3) is 0.0714. The number of nitriles is 1. The van der Waals surface area contributed by atoms with Gasteiger partial charge < -0.3 is 4.74 Å². The zero-order valence-corrected chi connectivity index (χ0v) is 10.2. The summed E-state index contributed by atoms with van der Waals surface area (Å²) in [5.74, 6) is 1.05. The van der Waals surface area contributed by atoms with Crippen molar-refractivity contribution < 1.29 is 9.66 Å². The van der Waals surface area contributed by atoms with Gasteiger partial charge in [0.1, 0.15) is 23.1 Å². The smallest absolute Gasteiger partial charge is 0.287 e. The molecule has 2 aromatic carbocycles. The summed E-state index contributed by atoms with van der Waals surface area (Å²) >= 11 is 0. The summed E-state index contributed by atoms with van der Waals surface area (Å²) in [6, 6.07) is 13.6. The van der Waals surface area contributed by atoms with Crippen LogP contribution in [0.4, 0.5) is 5.69 Å². The molecule has 94 valence electrons. The van der Waals surface area contributed by atoms with Crippen LogP contribution in [0.5, 0.6) is 11.5 Å². The first kappa shape index (κ1) is 12.6. The Morgan fingerprint density at radius 2 is 1.95 bits per heavy atom. The highest BCUT2D eigenvalue weighted by molar-refractivity contribution is 5.56. The average molecular weight is 254 g/mol. The van der Waals surface area contributed by atoms with Gasteiger partial charge >= 0.3 is 0 Å². The quantitative estimate of drug-likeness (QED) is 0.619. The fourth-order valence-corrected chi connectivity index (χ4v) is 1.64. The van der Waals surface area contributed by atoms with E-state index < -0.39 is 4.92 Å². The Balaban J connectivity index is 2.43. The van der Waals surface area contributed by atoms with Crippen LogP contribution in [-0.4, -0.2) is 4.92 Å². The number of aryl methyl sites for hydroxylation is 1. The maximum Gasteiger partial charge on any atom is 0.287 e. The van der Waals surface area contributed by atoms with Crippen LogP contribution in [0.1, 0.15) is 11.1 Å². The zero-order chi connectivity index (χ0) is 13.8. The second kappa shape index (κ2) is 5.19. The van der Waals surface area contributed by atoms with Gasteiger partial charge in [-0.1, -0.05) is 18.2 Å². The maximum absolute atomic E-state index is 10.8. The van der Waals surface area contributed by atoms with E-state index in [4.69, 9.17) is 10.00 Å². The third kappa shape index (κ3) is 2.69. The van der Waals surface area contributed by atoms with Gasteiger partial charge in [0.25, 0.3) is 5.69 Å². The molecule has 0 bridgehead atoms. The molecule has 0 spiro atoms. The maximum atomic E-state index is 10.8. The summed E-state index contributed by atoms with van der Waals surface area (Å²) in [6.45, 7) is 1.70. The highest BCUT2D eigenvalue weighted by Crippen LogP contribution is 2.30. The highest BCUT2D eigenvalue weighted by Gasteiger charge is 2.17. The molecule has 0 aliphatic heterocycles. The molecule has 2 rings (SSSR count). The standard InChI is InChI=1S/C14H10N2O3/c1-10-7-13(16(17)18)11(9-15)8-14(10)19-12-5-3-2-4-6-12/h2-8H,1H3. The first-order valence-electron chi connectivity index (χ1n) is 5.54. The Labute approximate surface area is 109 Å². The Hall–Kier alpha value is -2.87. The van der Waals surface area contributed by atoms with Crippen LogP contribution in [0.25, 0.3) is 0 Å². The summed E-state index contributed by atoms with van der Waals surface area (Å²) < 4.78 is 5.61. The monoisotopic (exact) mass is 254 g/mol. The molecule has 0 radical (unpaired) electrons. The van der Waals surface area contributed by atoms with Gasteiger partial charge in [0.2, 0.25) is 0 Å². The van der Waals surface area contributed by atoms with Gasteiger partial charge in [0.15, 0.2) is 0 Å². The summed E-state index contributed by atoms with van der Waals surface area (Å²) in [5, 5.41) is 19.8. The largest absolute Gasteiger partial charge is 0.457 e. The van der Waals surface area contributed by atoms with Crippen LogP contribution >= 0.6 is 0 Å². The average Bonchev–Trinajstić information content (AvgIpc) is 2.41. The molecule has 0 N–H and O–H groups in total. The van der Waals surface area contributed by atoms with Crippen LogP contribution in [0.3, 0.4) is 0 Å². The van der Waals surface area contributed by atoms with Gasteiger partial charge in [-0.3, -0.25) is 10.1 Å². The first-order chi connectivity index (χ1) is 9.11. The number of rotatable bonds is 3. The van der Waals surface area contributed by atoms with Crippen molar-refractivity contribution in [3.8, 4) is 17.6 Å². The second-order valence-electron chi connectivity index (χ2n) is 3.92. The molecule has 0 aliphatic carbocycles. The number of nitro benzene ring substituents is 1. The summed E-state index contributed by atoms with van der Waals surface area (Å²) in [5.41, 5.74) is 0.386. The minimum absolute atomic E-state index is 0.0125. The number of hydrogen-bond donors (Lipinski definition) is 0. The van der Waals surface area contributed by atoms with E-state index in [9.17, 15) is 10.1 Å². The van der Waals surface area contributed by atoms with E-state index in [1.165, 1.54) is 12.1 Å². The third-order valence-electron chi connectivity index (χ3n) is 2.58. The van der Waals surface area contributed by atoms with Crippen LogP contribution in [0.15, 0.2) is 42.5 Å². The molecule has 0 saturated heterocycles. The topological polar surface area (TPSA) is 76.2 Å². The normalized spacial score (nSPS) is 9.68. The third-order valence-corrected chi connectivity index (χ3v) is 2.58. The number of para-hydroxylation sites is 1. The molecule has 0 unspecified atom stereocenters. The lowest BCUT2D eigenvalue weighted by Gasteiger charge is -2.09. The van der Waals surface area contributed by atoms with Crippen molar-refractivity contribution in [1.29, 1.82) is 5.26 Å². The molecular weight excluding hydrogens is 244 g/mol. The van der Waals surface area contributed by atoms with Gasteiger partial charge in [-0.15, -0.1) is 0 Å².